The second-order valence-electron chi connectivity index (χ2n) is 10.8. The fourth-order valence-corrected chi connectivity index (χ4v) is 4.92. The van der Waals surface area contributed by atoms with Crippen LogP contribution in [-0.2, 0) is 10.2 Å². The second-order valence-corrected chi connectivity index (χ2v) is 10.8. The Hall–Kier alpha value is -2.22. The number of carbonyl (C=O) groups is 1. The van der Waals surface area contributed by atoms with Gasteiger partial charge in [0.25, 0.3) is 0 Å². The fourth-order valence-electron chi connectivity index (χ4n) is 4.92. The lowest BCUT2D eigenvalue weighted by Crippen LogP contribution is -2.50. The third kappa shape index (κ3) is 4.59. The van der Waals surface area contributed by atoms with Crippen LogP contribution in [0.15, 0.2) is 23.8 Å². The Kier molecular flexibility index (Phi) is 6.33. The highest BCUT2D eigenvalue weighted by molar-refractivity contribution is 5.94. The van der Waals surface area contributed by atoms with E-state index < -0.39 is 23.2 Å². The van der Waals surface area contributed by atoms with Gasteiger partial charge in [0.1, 0.15) is 22.6 Å². The highest BCUT2D eigenvalue weighted by Crippen LogP contribution is 2.55. The Morgan fingerprint density at radius 2 is 1.79 bits per heavy atom. The number of nitrogens with two attached hydrogens (primary N) is 1. The molecule has 1 aliphatic heterocycles. The Morgan fingerprint density at radius 3 is 2.30 bits per heavy atom. The number of aromatic hydroxyl groups is 1. The highest BCUT2D eigenvalue weighted by Gasteiger charge is 2.64. The third-order valence-electron chi connectivity index (χ3n) is 7.10. The predicted molar refractivity (Wildman–Crippen MR) is 121 cm³/mol. The quantitative estimate of drug-likeness (QED) is 0.566. The van der Waals surface area contributed by atoms with Crippen molar-refractivity contribution in [3.8, 4) is 11.5 Å². The number of hydrogen-bond donors (Lipinski definition) is 3. The van der Waals surface area contributed by atoms with Crippen LogP contribution in [-0.4, -0.2) is 35.4 Å². The zero-order valence-corrected chi connectivity index (χ0v) is 20.2. The van der Waals surface area contributed by atoms with E-state index in [-0.39, 0.29) is 42.3 Å². The normalized spacial score (nSPS) is 24.7. The molecule has 1 fully saturated rings. The molecule has 0 saturated heterocycles. The van der Waals surface area contributed by atoms with Crippen LogP contribution in [0.2, 0.25) is 0 Å². The number of halogens is 3. The first-order valence-electron chi connectivity index (χ1n) is 11.4. The Balaban J connectivity index is 0.00000149. The molecule has 5 nitrogen and oxygen atoms in total. The van der Waals surface area contributed by atoms with Crippen molar-refractivity contribution in [2.75, 3.05) is 7.05 Å². The van der Waals surface area contributed by atoms with Crippen LogP contribution in [0.3, 0.4) is 0 Å². The third-order valence-corrected chi connectivity index (χ3v) is 7.10. The monoisotopic (exact) mass is 468 g/mol. The molecule has 2 atom stereocenters. The average Bonchev–Trinajstić information content (AvgIpc) is 3.48. The molecule has 8 heteroatoms. The van der Waals surface area contributed by atoms with Gasteiger partial charge in [-0.15, -0.1) is 0 Å². The number of hydrogen-bond acceptors (Lipinski definition) is 4. The lowest BCUT2D eigenvalue weighted by atomic mass is 9.66. The summed E-state index contributed by atoms with van der Waals surface area (Å²) >= 11 is 0. The maximum absolute atomic E-state index is 13.3. The minimum absolute atomic E-state index is 0.000406. The van der Waals surface area contributed by atoms with E-state index in [1.807, 2.05) is 40.7 Å². The maximum atomic E-state index is 13.3. The molecule has 33 heavy (non-hydrogen) atoms. The van der Waals surface area contributed by atoms with Crippen molar-refractivity contribution in [1.29, 1.82) is 0 Å². The van der Waals surface area contributed by atoms with Gasteiger partial charge in [-0.2, -0.15) is 13.2 Å². The van der Waals surface area contributed by atoms with Crippen molar-refractivity contribution in [3.63, 3.8) is 0 Å². The molecule has 1 aromatic carbocycles. The number of nitrogens with one attached hydrogen (secondary N) is 1. The highest BCUT2D eigenvalue weighted by atomic mass is 19.4. The van der Waals surface area contributed by atoms with E-state index in [1.165, 1.54) is 7.05 Å². The van der Waals surface area contributed by atoms with Crippen LogP contribution in [0.5, 0.6) is 11.5 Å². The van der Waals surface area contributed by atoms with E-state index in [2.05, 4.69) is 11.1 Å². The number of ether oxygens (including phenoxy) is 1. The molecule has 1 heterocycles. The van der Waals surface area contributed by atoms with Crippen molar-refractivity contribution >= 4 is 5.91 Å². The molecule has 1 amide bonds. The number of allylic oxidation sites excluding steroid dienone is 1. The first kappa shape index (κ1) is 25.4. The van der Waals surface area contributed by atoms with Crippen molar-refractivity contribution in [2.24, 2.45) is 11.7 Å². The summed E-state index contributed by atoms with van der Waals surface area (Å²) in [5, 5.41) is 13.1. The van der Waals surface area contributed by atoms with Gasteiger partial charge in [-0.3, -0.25) is 4.79 Å². The summed E-state index contributed by atoms with van der Waals surface area (Å²) in [7, 11) is 1.50. The number of rotatable bonds is 2. The second kappa shape index (κ2) is 8.22. The zero-order chi connectivity index (χ0) is 25.0. The summed E-state index contributed by atoms with van der Waals surface area (Å²) in [6.45, 7) is 10.1. The molecule has 0 radical (unpaired) electrons. The van der Waals surface area contributed by atoms with Crippen LogP contribution < -0.4 is 15.8 Å². The van der Waals surface area contributed by atoms with Crippen LogP contribution in [0.4, 0.5) is 13.2 Å². The van der Waals surface area contributed by atoms with Gasteiger partial charge in [0.15, 0.2) is 0 Å². The van der Waals surface area contributed by atoms with Crippen molar-refractivity contribution in [1.82, 2.24) is 5.32 Å². The molecule has 4 N–H and O–H groups in total. The van der Waals surface area contributed by atoms with Gasteiger partial charge in [-0.25, -0.2) is 0 Å². The molecule has 2 aliphatic carbocycles. The van der Waals surface area contributed by atoms with Crippen molar-refractivity contribution in [2.45, 2.75) is 89.0 Å². The van der Waals surface area contributed by atoms with E-state index in [1.54, 1.807) is 12.1 Å². The van der Waals surface area contributed by atoms with E-state index in [0.717, 1.165) is 5.56 Å². The minimum Gasteiger partial charge on any atom is -0.508 e. The number of benzene rings is 1. The molecule has 2 unspecified atom stereocenters. The van der Waals surface area contributed by atoms with Crippen LogP contribution in [0, 0.1) is 5.92 Å². The topological polar surface area (TPSA) is 84.6 Å². The van der Waals surface area contributed by atoms with Gasteiger partial charge < -0.3 is 20.9 Å². The maximum Gasteiger partial charge on any atom is 0.411 e. The van der Waals surface area contributed by atoms with Crippen LogP contribution >= 0.6 is 0 Å². The first-order valence-corrected chi connectivity index (χ1v) is 11.4. The Bertz CT molecular complexity index is 957. The SMILES string of the molecule is CC(C)(C)c1cc(O)c2c(c1)OC(C)(C)C1CC=C(C(=O)NC3(C(F)(F)F)CC3)CC21.CN. The number of fused-ring (bicyclic) bond motifs is 3. The summed E-state index contributed by atoms with van der Waals surface area (Å²) in [6, 6.07) is 3.67. The lowest BCUT2D eigenvalue weighted by molar-refractivity contribution is -0.169. The molecule has 1 aromatic rings. The number of alkyl halides is 3. The molecule has 184 valence electrons. The molecule has 0 bridgehead atoms. The van der Waals surface area contributed by atoms with Gasteiger partial charge in [0.2, 0.25) is 5.91 Å². The smallest absolute Gasteiger partial charge is 0.411 e. The van der Waals surface area contributed by atoms with E-state index in [4.69, 9.17) is 4.74 Å². The molecule has 4 rings (SSSR count). The van der Waals surface area contributed by atoms with Crippen molar-refractivity contribution < 1.29 is 27.8 Å². The molecule has 1 saturated carbocycles. The van der Waals surface area contributed by atoms with Gasteiger partial charge in [0, 0.05) is 23.0 Å². The molecule has 0 spiro atoms. The summed E-state index contributed by atoms with van der Waals surface area (Å²) in [5.74, 6) is -0.166. The minimum atomic E-state index is -4.45. The predicted octanol–water partition coefficient (Wildman–Crippen LogP) is 5.07. The molecule has 0 aromatic heterocycles. The lowest BCUT2D eigenvalue weighted by Gasteiger charge is -2.47. The summed E-state index contributed by atoms with van der Waals surface area (Å²) in [6.07, 6.45) is -2.11. The number of carbonyl (C=O) groups excluding carboxylic acids is 1. The summed E-state index contributed by atoms with van der Waals surface area (Å²) in [4.78, 5) is 12.7. The van der Waals surface area contributed by atoms with E-state index in [0.29, 0.717) is 23.3 Å². The first-order chi connectivity index (χ1) is 15.1. The molecule has 3 aliphatic rings. The van der Waals surface area contributed by atoms with E-state index >= 15 is 0 Å². The molecular formula is C25H35F3N2O3. The van der Waals surface area contributed by atoms with Crippen LogP contribution in [0.25, 0.3) is 0 Å². The van der Waals surface area contributed by atoms with Crippen molar-refractivity contribution in [3.05, 3.63) is 34.9 Å². The summed E-state index contributed by atoms with van der Waals surface area (Å²) in [5.41, 5.74) is 3.61. The van der Waals surface area contributed by atoms with Gasteiger partial charge in [-0.05, 0) is 69.7 Å². The zero-order valence-electron chi connectivity index (χ0n) is 20.2. The fraction of sp³-hybridized carbons (Fsp3) is 0.640. The van der Waals surface area contributed by atoms with Gasteiger partial charge >= 0.3 is 6.18 Å². The molecular weight excluding hydrogens is 433 g/mol. The van der Waals surface area contributed by atoms with Gasteiger partial charge in [0.05, 0.1) is 0 Å². The number of amides is 1. The Labute approximate surface area is 193 Å². The number of phenolic OH excluding ortho intramolecular Hbond substituents is 1. The summed E-state index contributed by atoms with van der Waals surface area (Å²) < 4.78 is 46.2. The Morgan fingerprint density at radius 1 is 1.18 bits per heavy atom. The largest absolute Gasteiger partial charge is 0.508 e. The van der Waals surface area contributed by atoms with E-state index in [9.17, 15) is 23.1 Å². The van der Waals surface area contributed by atoms with Crippen LogP contribution in [0.1, 0.15) is 77.3 Å². The standard InChI is InChI=1S/C24H30F3NO3.CH5N/c1-21(2,3)14-11-17(29)19-15-10-13(20(30)28-23(8-9-23)24(25,26)27)6-7-16(15)22(4,5)31-18(19)12-14;1-2/h6,11-12,15-16,29H,7-10H2,1-5H3,(H,28,30);2H2,1H3. The number of phenols is 1. The average molecular weight is 469 g/mol. The van der Waals surface area contributed by atoms with Gasteiger partial charge in [-0.1, -0.05) is 26.8 Å².